The molecular formula is C30H30Cl4F6N4O4. The molecule has 264 valence electrons. The molecule has 0 saturated carbocycles. The molecule has 3 heterocycles. The molecule has 0 aliphatic carbocycles. The zero-order valence-corrected chi connectivity index (χ0v) is 28.2. The van der Waals surface area contributed by atoms with Crippen molar-refractivity contribution in [3.8, 4) is 11.1 Å². The Morgan fingerprint density at radius 2 is 1.38 bits per heavy atom. The number of nitrogens with zero attached hydrogens (tertiary/aromatic N) is 2. The molecule has 1 atom stereocenters. The number of ketones is 1. The van der Waals surface area contributed by atoms with Gasteiger partial charge in [0.15, 0.2) is 11.6 Å². The van der Waals surface area contributed by atoms with Gasteiger partial charge in [0, 0.05) is 46.8 Å². The van der Waals surface area contributed by atoms with Gasteiger partial charge in [0.2, 0.25) is 0 Å². The van der Waals surface area contributed by atoms with Gasteiger partial charge in [0.05, 0.1) is 17.2 Å². The second-order valence-corrected chi connectivity index (χ2v) is 12.1. The summed E-state index contributed by atoms with van der Waals surface area (Å²) < 4.78 is 84.9. The first-order chi connectivity index (χ1) is 22.5. The molecule has 18 heteroatoms. The summed E-state index contributed by atoms with van der Waals surface area (Å²) in [6, 6.07) is 7.58. The number of ether oxygens (including phenoxy) is 1. The largest absolute Gasteiger partial charge is 0.465 e. The smallest absolute Gasteiger partial charge is 0.451 e. The van der Waals surface area contributed by atoms with Crippen LogP contribution in [0.4, 0.5) is 26.3 Å². The third kappa shape index (κ3) is 10.1. The van der Waals surface area contributed by atoms with Crippen molar-refractivity contribution < 1.29 is 40.7 Å². The van der Waals surface area contributed by atoms with Gasteiger partial charge in [-0.25, -0.2) is 4.68 Å². The van der Waals surface area contributed by atoms with Crippen molar-refractivity contribution in [2.24, 2.45) is 0 Å². The summed E-state index contributed by atoms with van der Waals surface area (Å²) in [5.74, 6) is -5.70. The molecular weight excluding hydrogens is 736 g/mol. The Morgan fingerprint density at radius 1 is 0.833 bits per heavy atom. The van der Waals surface area contributed by atoms with Crippen molar-refractivity contribution in [1.82, 2.24) is 20.2 Å². The lowest BCUT2D eigenvalue weighted by atomic mass is 9.94. The van der Waals surface area contributed by atoms with Crippen molar-refractivity contribution in [1.29, 1.82) is 0 Å². The molecule has 2 N–H and O–H groups in total. The number of Topliss-reactive ketones (excluding diaryl/α,β-unsaturated/α-hetero) is 1. The fraction of sp³-hybridized carbons (Fsp3) is 0.433. The molecule has 0 radical (unpaired) electrons. The van der Waals surface area contributed by atoms with E-state index in [-0.39, 0.29) is 45.9 Å². The predicted octanol–water partition coefficient (Wildman–Crippen LogP) is 8.08. The number of hydrogen-bond acceptors (Lipinski definition) is 6. The SMILES string of the molecule is C1CCNNC1.CCOC(=O)C(C(=O)C(F)(F)F)c1ccc(Cl)cc1Cl.O=c1c(-c2ccc(Cl)cc2Cl)c(C(F)(F)F)n2n1CCCC2. The van der Waals surface area contributed by atoms with E-state index < -0.39 is 46.8 Å². The normalized spacial score (nSPS) is 15.2. The minimum Gasteiger partial charge on any atom is -0.465 e. The Hall–Kier alpha value is -2.75. The van der Waals surface area contributed by atoms with E-state index >= 15 is 0 Å². The average molecular weight is 766 g/mol. The Balaban J connectivity index is 0.000000223. The highest BCUT2D eigenvalue weighted by Crippen LogP contribution is 2.40. The van der Waals surface area contributed by atoms with Crippen molar-refractivity contribution in [2.45, 2.75) is 64.0 Å². The van der Waals surface area contributed by atoms with Crippen molar-refractivity contribution in [2.75, 3.05) is 19.7 Å². The number of hydrazine groups is 1. The van der Waals surface area contributed by atoms with Crippen LogP contribution in [0, 0.1) is 0 Å². The van der Waals surface area contributed by atoms with Crippen molar-refractivity contribution in [3.05, 3.63) is 78.1 Å². The van der Waals surface area contributed by atoms with Gasteiger partial charge in [-0.05, 0) is 62.4 Å². The first-order valence-electron chi connectivity index (χ1n) is 14.5. The quantitative estimate of drug-likeness (QED) is 0.155. The van der Waals surface area contributed by atoms with Gasteiger partial charge in [-0.15, -0.1) is 0 Å². The number of aromatic nitrogens is 2. The Morgan fingerprint density at radius 3 is 1.83 bits per heavy atom. The lowest BCUT2D eigenvalue weighted by Gasteiger charge is -2.20. The van der Waals surface area contributed by atoms with E-state index in [1.165, 1.54) is 44.0 Å². The fourth-order valence-electron chi connectivity index (χ4n) is 4.89. The molecule has 2 aromatic carbocycles. The van der Waals surface area contributed by atoms with Crippen LogP contribution in [0.5, 0.6) is 0 Å². The lowest BCUT2D eigenvalue weighted by Crippen LogP contribution is -2.37. The number of fused-ring (bicyclic) bond motifs is 1. The summed E-state index contributed by atoms with van der Waals surface area (Å²) >= 11 is 23.2. The van der Waals surface area contributed by atoms with Crippen molar-refractivity contribution in [3.63, 3.8) is 0 Å². The molecule has 2 aliphatic rings. The fourth-order valence-corrected chi connectivity index (χ4v) is 5.91. The second kappa shape index (κ2) is 17.3. The van der Waals surface area contributed by atoms with E-state index in [1.807, 2.05) is 0 Å². The van der Waals surface area contributed by atoms with E-state index in [0.717, 1.165) is 34.6 Å². The maximum Gasteiger partial charge on any atom is 0.451 e. The van der Waals surface area contributed by atoms with Crippen molar-refractivity contribution >= 4 is 58.2 Å². The van der Waals surface area contributed by atoms with Crippen LogP contribution in [0.2, 0.25) is 20.1 Å². The summed E-state index contributed by atoms with van der Waals surface area (Å²) in [5.41, 5.74) is 3.81. The summed E-state index contributed by atoms with van der Waals surface area (Å²) in [6.07, 6.45) is -5.89. The van der Waals surface area contributed by atoms with Gasteiger partial charge in [0.1, 0.15) is 0 Å². The minimum absolute atomic E-state index is 0.0265. The van der Waals surface area contributed by atoms with Crippen LogP contribution >= 0.6 is 46.4 Å². The molecule has 5 rings (SSSR count). The molecule has 1 fully saturated rings. The Bertz CT molecular complexity index is 1640. The number of benzene rings is 2. The number of hydrogen-bond donors (Lipinski definition) is 2. The van der Waals surface area contributed by atoms with E-state index in [2.05, 4.69) is 15.6 Å². The van der Waals surface area contributed by atoms with Crippen LogP contribution < -0.4 is 16.4 Å². The van der Waals surface area contributed by atoms with Crippen LogP contribution in [0.25, 0.3) is 11.1 Å². The topological polar surface area (TPSA) is 94.4 Å². The van der Waals surface area contributed by atoms with Crippen LogP contribution in [0.1, 0.15) is 49.8 Å². The molecule has 3 aromatic rings. The summed E-state index contributed by atoms with van der Waals surface area (Å²) in [6.45, 7) is 3.96. The first kappa shape index (κ1) is 39.7. The van der Waals surface area contributed by atoms with E-state index in [1.54, 1.807) is 0 Å². The maximum absolute atomic E-state index is 13.5. The van der Waals surface area contributed by atoms with Crippen LogP contribution in [0.15, 0.2) is 41.2 Å². The van der Waals surface area contributed by atoms with Crippen LogP contribution in [0.3, 0.4) is 0 Å². The monoisotopic (exact) mass is 764 g/mol. The average Bonchev–Trinajstić information content (AvgIpc) is 3.32. The highest BCUT2D eigenvalue weighted by molar-refractivity contribution is 6.36. The molecule has 8 nitrogen and oxygen atoms in total. The summed E-state index contributed by atoms with van der Waals surface area (Å²) in [4.78, 5) is 35.5. The molecule has 1 unspecified atom stereocenters. The Kier molecular flexibility index (Phi) is 14.3. The molecule has 2 aliphatic heterocycles. The van der Waals surface area contributed by atoms with E-state index in [9.17, 15) is 40.7 Å². The molecule has 1 saturated heterocycles. The maximum atomic E-state index is 13.5. The number of rotatable bonds is 5. The molecule has 0 amide bonds. The van der Waals surface area contributed by atoms with Crippen LogP contribution in [-0.4, -0.2) is 47.0 Å². The highest BCUT2D eigenvalue weighted by atomic mass is 35.5. The highest BCUT2D eigenvalue weighted by Gasteiger charge is 2.48. The zero-order valence-electron chi connectivity index (χ0n) is 25.2. The molecule has 48 heavy (non-hydrogen) atoms. The van der Waals surface area contributed by atoms with Crippen LogP contribution in [-0.2, 0) is 33.6 Å². The number of nitrogens with one attached hydrogen (secondary N) is 2. The lowest BCUT2D eigenvalue weighted by molar-refractivity contribution is -0.177. The number of alkyl halides is 6. The van der Waals surface area contributed by atoms with Gasteiger partial charge < -0.3 is 4.74 Å². The minimum atomic E-state index is -5.18. The van der Waals surface area contributed by atoms with Gasteiger partial charge in [-0.2, -0.15) is 26.3 Å². The standard InChI is InChI=1S/C14H11Cl2F3N2O.C12H9Cl2F3O3.C4H10N2/c15-8-3-4-9(10(16)7-8)11-12(14(17,18)19)20-5-1-2-6-21(20)13(11)22;1-2-20-11(19)9(10(18)12(15,16)17)7-4-3-6(13)5-8(7)14;1-2-4-6-5-3-1/h3-4,7H,1-2,5-6H2;3-5,9H,2H2,1H3;5-6H,1-4H2. The van der Waals surface area contributed by atoms with Gasteiger partial charge in [-0.3, -0.25) is 29.9 Å². The first-order valence-corrected chi connectivity index (χ1v) is 16.0. The third-order valence-electron chi connectivity index (χ3n) is 7.01. The predicted molar refractivity (Wildman–Crippen MR) is 171 cm³/mol. The van der Waals surface area contributed by atoms with Gasteiger partial charge >= 0.3 is 18.3 Å². The number of halogens is 10. The number of carbonyl (C=O) groups excluding carboxylic acids is 2. The van der Waals surface area contributed by atoms with E-state index in [4.69, 9.17) is 46.4 Å². The Labute approximate surface area is 291 Å². The molecule has 1 aromatic heterocycles. The zero-order chi connectivity index (χ0) is 35.8. The summed E-state index contributed by atoms with van der Waals surface area (Å²) in [5, 5.41) is 0.277. The summed E-state index contributed by atoms with van der Waals surface area (Å²) in [7, 11) is 0. The molecule has 0 bridgehead atoms. The number of esters is 1. The second-order valence-electron chi connectivity index (χ2n) is 10.4. The third-order valence-corrected chi connectivity index (χ3v) is 8.12. The number of carbonyl (C=O) groups is 2. The van der Waals surface area contributed by atoms with Gasteiger partial charge in [-0.1, -0.05) is 58.5 Å². The van der Waals surface area contributed by atoms with E-state index in [0.29, 0.717) is 17.9 Å². The van der Waals surface area contributed by atoms with Gasteiger partial charge in [0.25, 0.3) is 11.3 Å². The molecule has 0 spiro atoms.